The normalized spacial score (nSPS) is 10.3. The zero-order valence-electron chi connectivity index (χ0n) is 11.1. The molecule has 0 fully saturated rings. The summed E-state index contributed by atoms with van der Waals surface area (Å²) in [4.78, 5) is 20.0. The zero-order chi connectivity index (χ0) is 14.5. The molecule has 2 aromatic rings. The first-order valence-electron chi connectivity index (χ1n) is 6.01. The van der Waals surface area contributed by atoms with Crippen LogP contribution < -0.4 is 10.6 Å². The van der Waals surface area contributed by atoms with Crippen molar-refractivity contribution in [2.45, 2.75) is 13.3 Å². The highest BCUT2D eigenvalue weighted by atomic mass is 35.5. The molecule has 0 aliphatic carbocycles. The number of amides is 1. The Morgan fingerprint density at radius 2 is 2.30 bits per heavy atom. The van der Waals surface area contributed by atoms with Crippen LogP contribution in [0.1, 0.15) is 22.1 Å². The number of aryl methyl sites for hydroxylation is 1. The lowest BCUT2D eigenvalue weighted by atomic mass is 10.2. The third kappa shape index (κ3) is 3.45. The minimum Gasteiger partial charge on any atom is -0.372 e. The van der Waals surface area contributed by atoms with E-state index < -0.39 is 0 Å². The van der Waals surface area contributed by atoms with Gasteiger partial charge in [0.05, 0.1) is 10.6 Å². The van der Waals surface area contributed by atoms with Crippen molar-refractivity contribution < 1.29 is 9.32 Å². The topological polar surface area (TPSA) is 92.9 Å². The van der Waals surface area contributed by atoms with E-state index >= 15 is 0 Å². The molecule has 0 spiro atoms. The fourth-order valence-electron chi connectivity index (χ4n) is 1.57. The maximum absolute atomic E-state index is 11.9. The summed E-state index contributed by atoms with van der Waals surface area (Å²) in [6.07, 6.45) is 1.94. The second kappa shape index (κ2) is 6.33. The molecule has 2 rings (SSSR count). The van der Waals surface area contributed by atoms with Crippen LogP contribution in [0, 0.1) is 6.92 Å². The molecule has 8 heteroatoms. The number of pyridine rings is 1. The first kappa shape index (κ1) is 14.3. The van der Waals surface area contributed by atoms with E-state index in [1.165, 1.54) is 6.20 Å². The highest BCUT2D eigenvalue weighted by Gasteiger charge is 2.10. The highest BCUT2D eigenvalue weighted by Crippen LogP contribution is 2.19. The van der Waals surface area contributed by atoms with Gasteiger partial charge >= 0.3 is 0 Å². The predicted molar refractivity (Wildman–Crippen MR) is 73.9 cm³/mol. The van der Waals surface area contributed by atoms with Crippen LogP contribution in [0.2, 0.25) is 5.02 Å². The van der Waals surface area contributed by atoms with Crippen LogP contribution in [0.5, 0.6) is 0 Å². The van der Waals surface area contributed by atoms with Crippen molar-refractivity contribution in [2.75, 3.05) is 18.9 Å². The van der Waals surface area contributed by atoms with Crippen molar-refractivity contribution in [3.05, 3.63) is 34.6 Å². The number of nitrogens with one attached hydrogen (secondary N) is 2. The molecule has 106 valence electrons. The summed E-state index contributed by atoms with van der Waals surface area (Å²) >= 11 is 5.97. The van der Waals surface area contributed by atoms with Crippen LogP contribution in [-0.4, -0.2) is 34.6 Å². The van der Waals surface area contributed by atoms with E-state index in [9.17, 15) is 4.79 Å². The molecule has 2 aromatic heterocycles. The number of anilines is 1. The average Bonchev–Trinajstić information content (AvgIpc) is 2.84. The van der Waals surface area contributed by atoms with E-state index in [0.29, 0.717) is 41.1 Å². The van der Waals surface area contributed by atoms with Crippen molar-refractivity contribution >= 4 is 23.3 Å². The lowest BCUT2D eigenvalue weighted by molar-refractivity contribution is 0.0953. The smallest absolute Gasteiger partial charge is 0.252 e. The monoisotopic (exact) mass is 295 g/mol. The number of halogens is 1. The molecule has 0 aliphatic heterocycles. The Balaban J connectivity index is 1.90. The van der Waals surface area contributed by atoms with Crippen LogP contribution in [0.15, 0.2) is 16.8 Å². The van der Waals surface area contributed by atoms with Crippen molar-refractivity contribution in [1.82, 2.24) is 20.4 Å². The van der Waals surface area contributed by atoms with Gasteiger partial charge in [-0.25, -0.2) is 4.98 Å². The number of hydrogen-bond donors (Lipinski definition) is 2. The molecule has 0 aromatic carbocycles. The largest absolute Gasteiger partial charge is 0.372 e. The van der Waals surface area contributed by atoms with Crippen molar-refractivity contribution in [1.29, 1.82) is 0 Å². The van der Waals surface area contributed by atoms with Gasteiger partial charge < -0.3 is 15.2 Å². The van der Waals surface area contributed by atoms with Gasteiger partial charge in [0, 0.05) is 26.2 Å². The maximum atomic E-state index is 11.9. The third-order valence-electron chi connectivity index (χ3n) is 2.53. The Morgan fingerprint density at radius 1 is 1.50 bits per heavy atom. The fraction of sp³-hybridized carbons (Fsp3) is 0.333. The van der Waals surface area contributed by atoms with Crippen LogP contribution in [0.25, 0.3) is 0 Å². The fourth-order valence-corrected chi connectivity index (χ4v) is 1.83. The van der Waals surface area contributed by atoms with Gasteiger partial charge in [-0.15, -0.1) is 0 Å². The standard InChI is InChI=1S/C12H14ClN5O2/c1-7-17-10(20-18-7)3-4-15-12(19)8-5-9(13)11(14-2)16-6-8/h5-6H,3-4H2,1-2H3,(H,14,16)(H,15,19). The second-order valence-electron chi connectivity index (χ2n) is 4.05. The quantitative estimate of drug-likeness (QED) is 0.867. The molecule has 0 unspecified atom stereocenters. The van der Waals surface area contributed by atoms with Gasteiger partial charge in [0.25, 0.3) is 5.91 Å². The van der Waals surface area contributed by atoms with Crippen LogP contribution in [0.4, 0.5) is 5.82 Å². The molecule has 0 atom stereocenters. The lowest BCUT2D eigenvalue weighted by Crippen LogP contribution is -2.26. The summed E-state index contributed by atoms with van der Waals surface area (Å²) in [5.74, 6) is 1.34. The van der Waals surface area contributed by atoms with Gasteiger partial charge in [0.2, 0.25) is 5.89 Å². The van der Waals surface area contributed by atoms with E-state index in [4.69, 9.17) is 16.1 Å². The van der Waals surface area contributed by atoms with Crippen LogP contribution >= 0.6 is 11.6 Å². The predicted octanol–water partition coefficient (Wildman–Crippen LogP) is 1.44. The second-order valence-corrected chi connectivity index (χ2v) is 4.45. The number of carbonyl (C=O) groups is 1. The summed E-state index contributed by atoms with van der Waals surface area (Å²) in [6, 6.07) is 1.56. The zero-order valence-corrected chi connectivity index (χ0v) is 11.9. The number of aromatic nitrogens is 3. The van der Waals surface area contributed by atoms with Gasteiger partial charge in [-0.2, -0.15) is 4.98 Å². The van der Waals surface area contributed by atoms with Crippen molar-refractivity contribution in [2.24, 2.45) is 0 Å². The molecule has 0 radical (unpaired) electrons. The Bertz CT molecular complexity index is 614. The van der Waals surface area contributed by atoms with Crippen molar-refractivity contribution in [3.8, 4) is 0 Å². The molecular weight excluding hydrogens is 282 g/mol. The van der Waals surface area contributed by atoms with Gasteiger partial charge in [-0.1, -0.05) is 16.8 Å². The molecule has 0 saturated heterocycles. The van der Waals surface area contributed by atoms with Gasteiger partial charge in [-0.3, -0.25) is 4.79 Å². The van der Waals surface area contributed by atoms with Crippen LogP contribution in [0.3, 0.4) is 0 Å². The first-order valence-corrected chi connectivity index (χ1v) is 6.38. The number of rotatable bonds is 5. The Morgan fingerprint density at radius 3 is 2.90 bits per heavy atom. The molecule has 20 heavy (non-hydrogen) atoms. The molecule has 7 nitrogen and oxygen atoms in total. The minimum absolute atomic E-state index is 0.252. The van der Waals surface area contributed by atoms with Gasteiger partial charge in [0.15, 0.2) is 5.82 Å². The first-order chi connectivity index (χ1) is 9.60. The van der Waals surface area contributed by atoms with E-state index in [0.717, 1.165) is 0 Å². The van der Waals surface area contributed by atoms with E-state index in [1.54, 1.807) is 20.0 Å². The van der Waals surface area contributed by atoms with E-state index in [-0.39, 0.29) is 5.91 Å². The highest BCUT2D eigenvalue weighted by molar-refractivity contribution is 6.33. The summed E-state index contributed by atoms with van der Waals surface area (Å²) in [5.41, 5.74) is 0.399. The minimum atomic E-state index is -0.252. The molecule has 2 N–H and O–H groups in total. The van der Waals surface area contributed by atoms with E-state index in [1.807, 2.05) is 0 Å². The summed E-state index contributed by atoms with van der Waals surface area (Å²) in [6.45, 7) is 2.13. The molecule has 0 bridgehead atoms. The number of carbonyl (C=O) groups excluding carboxylic acids is 1. The third-order valence-corrected chi connectivity index (χ3v) is 2.82. The lowest BCUT2D eigenvalue weighted by Gasteiger charge is -2.06. The molecule has 0 saturated carbocycles. The van der Waals surface area contributed by atoms with E-state index in [2.05, 4.69) is 25.8 Å². The summed E-state index contributed by atoms with van der Waals surface area (Å²) in [5, 5.41) is 9.63. The Hall–Kier alpha value is -2.15. The summed E-state index contributed by atoms with van der Waals surface area (Å²) < 4.78 is 4.95. The Labute approximate surface area is 120 Å². The average molecular weight is 296 g/mol. The van der Waals surface area contributed by atoms with Crippen LogP contribution in [-0.2, 0) is 6.42 Å². The molecule has 2 heterocycles. The molecular formula is C12H14ClN5O2. The number of hydrogen-bond acceptors (Lipinski definition) is 6. The molecule has 0 aliphatic rings. The van der Waals surface area contributed by atoms with Crippen molar-refractivity contribution in [3.63, 3.8) is 0 Å². The summed E-state index contributed by atoms with van der Waals surface area (Å²) in [7, 11) is 1.71. The maximum Gasteiger partial charge on any atom is 0.252 e. The molecule has 1 amide bonds. The Kier molecular flexibility index (Phi) is 4.52. The SMILES string of the molecule is CNc1ncc(C(=O)NCCc2nc(C)no2)cc1Cl. The van der Waals surface area contributed by atoms with Gasteiger partial charge in [0.1, 0.15) is 5.82 Å². The van der Waals surface area contributed by atoms with Gasteiger partial charge in [-0.05, 0) is 13.0 Å². The number of nitrogens with zero attached hydrogens (tertiary/aromatic N) is 3.